The molecule has 0 bridgehead atoms. The number of aliphatic imine (C=N–C) groups is 1. The molecule has 1 N–H and O–H groups in total. The number of nitrogens with zero attached hydrogens (tertiary/aromatic N) is 2. The number of fused-ring (bicyclic) bond motifs is 1. The summed E-state index contributed by atoms with van der Waals surface area (Å²) in [4.78, 5) is 16.6. The van der Waals surface area contributed by atoms with Crippen LogP contribution >= 0.6 is 0 Å². The summed E-state index contributed by atoms with van der Waals surface area (Å²) in [5.74, 6) is -0.430. The second-order valence-electron chi connectivity index (χ2n) is 2.72. The predicted molar refractivity (Wildman–Crippen MR) is 48.1 cm³/mol. The molecule has 0 spiro atoms. The van der Waals surface area contributed by atoms with Gasteiger partial charge >= 0.3 is 5.97 Å². The first-order valence-electron chi connectivity index (χ1n) is 3.90. The van der Waals surface area contributed by atoms with Crippen molar-refractivity contribution in [3.63, 3.8) is 0 Å². The molecule has 0 aromatic heterocycles. The molecule has 4 heteroatoms. The normalized spacial score (nSPS) is 19.2. The van der Waals surface area contributed by atoms with Crippen LogP contribution in [0.5, 0.6) is 0 Å². The van der Waals surface area contributed by atoms with Gasteiger partial charge in [-0.2, -0.15) is 0 Å². The fourth-order valence-electron chi connectivity index (χ4n) is 1.28. The van der Waals surface area contributed by atoms with Crippen molar-refractivity contribution in [1.29, 1.82) is 0 Å². The van der Waals surface area contributed by atoms with Crippen LogP contribution in [0.4, 0.5) is 0 Å². The van der Waals surface area contributed by atoms with Crippen LogP contribution in [0.1, 0.15) is 0 Å². The van der Waals surface area contributed by atoms with E-state index in [0.717, 1.165) is 0 Å². The molecule has 2 aliphatic heterocycles. The average Bonchev–Trinajstić information content (AvgIpc) is 2.17. The first-order valence-corrected chi connectivity index (χ1v) is 3.90. The van der Waals surface area contributed by atoms with Gasteiger partial charge in [0.2, 0.25) is 0 Å². The fraction of sp³-hybridized carbons (Fsp3) is 0.111. The minimum Gasteiger partial charge on any atom is -0.478 e. The van der Waals surface area contributed by atoms with E-state index in [1.807, 2.05) is 12.3 Å². The van der Waals surface area contributed by atoms with Crippen molar-refractivity contribution >= 4 is 11.8 Å². The van der Waals surface area contributed by atoms with Gasteiger partial charge in [0.05, 0.1) is 0 Å². The van der Waals surface area contributed by atoms with E-state index in [2.05, 4.69) is 4.99 Å². The van der Waals surface area contributed by atoms with Crippen molar-refractivity contribution in [3.05, 3.63) is 36.2 Å². The summed E-state index contributed by atoms with van der Waals surface area (Å²) in [6, 6.07) is 0. The van der Waals surface area contributed by atoms with Gasteiger partial charge in [0.1, 0.15) is 11.4 Å². The van der Waals surface area contributed by atoms with Gasteiger partial charge in [0, 0.05) is 18.9 Å². The molecule has 0 aromatic rings. The van der Waals surface area contributed by atoms with E-state index in [1.165, 1.54) is 0 Å². The molecule has 0 amide bonds. The number of allylic oxidation sites excluding steroid dienone is 2. The Bertz CT molecular complexity index is 364. The lowest BCUT2D eigenvalue weighted by molar-refractivity contribution is -0.132. The second kappa shape index (κ2) is 2.90. The molecule has 0 aliphatic carbocycles. The molecule has 4 nitrogen and oxygen atoms in total. The molecule has 0 fully saturated rings. The molecule has 0 saturated heterocycles. The highest BCUT2D eigenvalue weighted by Gasteiger charge is 2.22. The Morgan fingerprint density at radius 2 is 2.46 bits per heavy atom. The third-order valence-electron chi connectivity index (χ3n) is 1.88. The molecule has 0 radical (unpaired) electrons. The highest BCUT2D eigenvalue weighted by molar-refractivity contribution is 6.19. The van der Waals surface area contributed by atoms with Crippen LogP contribution < -0.4 is 0 Å². The largest absolute Gasteiger partial charge is 0.478 e. The number of aliphatic carboxylic acids is 1. The molecule has 13 heavy (non-hydrogen) atoms. The van der Waals surface area contributed by atoms with Gasteiger partial charge in [-0.05, 0) is 18.2 Å². The highest BCUT2D eigenvalue weighted by Crippen LogP contribution is 2.14. The number of rotatable bonds is 1. The van der Waals surface area contributed by atoms with Gasteiger partial charge in [-0.3, -0.25) is 0 Å². The zero-order chi connectivity index (χ0) is 9.26. The van der Waals surface area contributed by atoms with Gasteiger partial charge in [-0.25, -0.2) is 9.79 Å². The molecule has 2 heterocycles. The number of hydrogen-bond donors (Lipinski definition) is 1. The standard InChI is InChI=1S/C9H8N2O2/c12-9(13)7-3-1-5-11-6-2-4-10-8(7)11/h1-5H,6H2,(H,12,13). The third-order valence-corrected chi connectivity index (χ3v) is 1.88. The number of carboxylic acid groups (broad SMARTS) is 1. The number of carboxylic acids is 1. The van der Waals surface area contributed by atoms with Crippen LogP contribution in [0.15, 0.2) is 41.2 Å². The van der Waals surface area contributed by atoms with Crippen molar-refractivity contribution in [2.45, 2.75) is 0 Å². The second-order valence-corrected chi connectivity index (χ2v) is 2.72. The Hall–Kier alpha value is -1.84. The highest BCUT2D eigenvalue weighted by atomic mass is 16.4. The zero-order valence-corrected chi connectivity index (χ0v) is 6.84. The van der Waals surface area contributed by atoms with E-state index in [9.17, 15) is 4.79 Å². The first kappa shape index (κ1) is 7.79. The van der Waals surface area contributed by atoms with Crippen LogP contribution in [0.2, 0.25) is 0 Å². The maximum Gasteiger partial charge on any atom is 0.339 e. The Morgan fingerprint density at radius 1 is 1.62 bits per heavy atom. The van der Waals surface area contributed by atoms with Gasteiger partial charge in [0.25, 0.3) is 0 Å². The van der Waals surface area contributed by atoms with Crippen molar-refractivity contribution < 1.29 is 9.90 Å². The van der Waals surface area contributed by atoms with E-state index < -0.39 is 5.97 Å². The summed E-state index contributed by atoms with van der Waals surface area (Å²) in [6.45, 7) is 0.681. The van der Waals surface area contributed by atoms with Crippen molar-refractivity contribution in [2.75, 3.05) is 6.54 Å². The summed E-state index contributed by atoms with van der Waals surface area (Å²) < 4.78 is 0. The molecule has 0 unspecified atom stereocenters. The minimum atomic E-state index is -0.941. The maximum absolute atomic E-state index is 10.8. The molecule has 2 rings (SSSR count). The number of carbonyl (C=O) groups is 1. The van der Waals surface area contributed by atoms with E-state index in [1.54, 1.807) is 23.3 Å². The van der Waals surface area contributed by atoms with Gasteiger partial charge < -0.3 is 10.0 Å². The van der Waals surface area contributed by atoms with E-state index >= 15 is 0 Å². The molecule has 0 atom stereocenters. The van der Waals surface area contributed by atoms with Gasteiger partial charge in [-0.1, -0.05) is 0 Å². The average molecular weight is 176 g/mol. The molecule has 0 saturated carbocycles. The topological polar surface area (TPSA) is 52.9 Å². The van der Waals surface area contributed by atoms with Crippen molar-refractivity contribution in [1.82, 2.24) is 4.90 Å². The summed E-state index contributed by atoms with van der Waals surface area (Å²) in [5, 5.41) is 8.84. The van der Waals surface area contributed by atoms with Crippen LogP contribution in [-0.2, 0) is 4.79 Å². The predicted octanol–water partition coefficient (Wildman–Crippen LogP) is 0.753. The maximum atomic E-state index is 10.8. The summed E-state index contributed by atoms with van der Waals surface area (Å²) in [6.07, 6.45) is 8.58. The van der Waals surface area contributed by atoms with Gasteiger partial charge in [-0.15, -0.1) is 0 Å². The van der Waals surface area contributed by atoms with Crippen LogP contribution in [0.25, 0.3) is 0 Å². The Kier molecular flexibility index (Phi) is 1.73. The minimum absolute atomic E-state index is 0.242. The zero-order valence-electron chi connectivity index (χ0n) is 6.84. The van der Waals surface area contributed by atoms with Crippen molar-refractivity contribution in [2.24, 2.45) is 4.99 Å². The molecule has 66 valence electrons. The van der Waals surface area contributed by atoms with E-state index in [4.69, 9.17) is 5.11 Å². The van der Waals surface area contributed by atoms with E-state index in [0.29, 0.717) is 12.4 Å². The monoisotopic (exact) mass is 176 g/mol. The van der Waals surface area contributed by atoms with E-state index in [-0.39, 0.29) is 5.57 Å². The van der Waals surface area contributed by atoms with Crippen LogP contribution in [-0.4, -0.2) is 28.4 Å². The quantitative estimate of drug-likeness (QED) is 0.641. The fourth-order valence-corrected chi connectivity index (χ4v) is 1.28. The first-order chi connectivity index (χ1) is 6.29. The third kappa shape index (κ3) is 1.26. The van der Waals surface area contributed by atoms with Gasteiger partial charge in [0.15, 0.2) is 0 Å². The molecule has 2 aliphatic rings. The lowest BCUT2D eigenvalue weighted by atomic mass is 10.1. The van der Waals surface area contributed by atoms with Crippen molar-refractivity contribution in [3.8, 4) is 0 Å². The lowest BCUT2D eigenvalue weighted by Gasteiger charge is -2.25. The SMILES string of the molecule is O=C(O)C1=CC=CN2CC=CN=C12. The number of hydrogen-bond acceptors (Lipinski definition) is 3. The lowest BCUT2D eigenvalue weighted by Crippen LogP contribution is -2.33. The Balaban J connectivity index is 2.42. The molecular formula is C9H8N2O2. The Morgan fingerprint density at radius 3 is 3.23 bits per heavy atom. The summed E-state index contributed by atoms with van der Waals surface area (Å²) in [5.41, 5.74) is 0.242. The van der Waals surface area contributed by atoms with Crippen LogP contribution in [0, 0.1) is 0 Å². The molecular weight excluding hydrogens is 168 g/mol. The molecule has 0 aromatic carbocycles. The summed E-state index contributed by atoms with van der Waals surface area (Å²) in [7, 11) is 0. The summed E-state index contributed by atoms with van der Waals surface area (Å²) >= 11 is 0. The Labute approximate surface area is 75.2 Å². The van der Waals surface area contributed by atoms with Crippen LogP contribution in [0.3, 0.4) is 0 Å². The number of amidine groups is 1. The smallest absolute Gasteiger partial charge is 0.339 e.